The minimum absolute atomic E-state index is 0.0405. The fourth-order valence-corrected chi connectivity index (χ4v) is 3.96. The number of carboxylic acids is 1. The molecule has 0 aliphatic rings. The van der Waals surface area contributed by atoms with Gasteiger partial charge in [-0.3, -0.25) is 0 Å². The fourth-order valence-electron chi connectivity index (χ4n) is 2.24. The zero-order valence-electron chi connectivity index (χ0n) is 12.7. The lowest BCUT2D eigenvalue weighted by atomic mass is 10.2. The van der Waals surface area contributed by atoms with E-state index in [0.29, 0.717) is 5.02 Å². The summed E-state index contributed by atoms with van der Waals surface area (Å²) in [4.78, 5) is 11.0. The highest BCUT2D eigenvalue weighted by Gasteiger charge is 2.26. The molecule has 2 rings (SSSR count). The third-order valence-corrected chi connectivity index (χ3v) is 5.56. The van der Waals surface area contributed by atoms with Crippen molar-refractivity contribution in [2.75, 3.05) is 6.54 Å². The Morgan fingerprint density at radius 3 is 2.57 bits per heavy atom. The molecule has 0 aliphatic heterocycles. The van der Waals surface area contributed by atoms with E-state index in [1.54, 1.807) is 31.2 Å². The van der Waals surface area contributed by atoms with Crippen LogP contribution >= 0.6 is 11.6 Å². The predicted molar refractivity (Wildman–Crippen MR) is 87.1 cm³/mol. The molecule has 0 amide bonds. The van der Waals surface area contributed by atoms with Crippen molar-refractivity contribution in [3.63, 3.8) is 0 Å². The van der Waals surface area contributed by atoms with E-state index in [1.807, 2.05) is 0 Å². The van der Waals surface area contributed by atoms with Gasteiger partial charge in [-0.15, -0.1) is 0 Å². The van der Waals surface area contributed by atoms with E-state index < -0.39 is 16.0 Å². The summed E-state index contributed by atoms with van der Waals surface area (Å²) in [7, 11) is -2.30. The molecule has 0 atom stereocenters. The van der Waals surface area contributed by atoms with Crippen LogP contribution in [0.25, 0.3) is 0 Å². The second-order valence-corrected chi connectivity index (χ2v) is 7.41. The Labute approximate surface area is 140 Å². The molecular weight excluding hydrogens is 340 g/mol. The molecule has 0 aliphatic carbocycles. The summed E-state index contributed by atoms with van der Waals surface area (Å²) in [5.74, 6) is -1.17. The zero-order valence-corrected chi connectivity index (χ0v) is 14.3. The Kier molecular flexibility index (Phi) is 5.13. The molecule has 1 aromatic heterocycles. The molecule has 6 nitrogen and oxygen atoms in total. The first-order chi connectivity index (χ1) is 10.8. The highest BCUT2D eigenvalue weighted by atomic mass is 35.5. The minimum Gasteiger partial charge on any atom is -0.477 e. The Balaban J connectivity index is 2.35. The fraction of sp³-hybridized carbons (Fsp3) is 0.267. The largest absolute Gasteiger partial charge is 0.477 e. The number of nitrogens with zero attached hydrogens (tertiary/aromatic N) is 2. The topological polar surface area (TPSA) is 79.6 Å². The minimum atomic E-state index is -3.79. The molecule has 0 bridgehead atoms. The van der Waals surface area contributed by atoms with E-state index >= 15 is 0 Å². The highest BCUT2D eigenvalue weighted by Crippen LogP contribution is 2.21. The van der Waals surface area contributed by atoms with Crippen molar-refractivity contribution in [3.05, 3.63) is 52.8 Å². The maximum atomic E-state index is 12.7. The van der Waals surface area contributed by atoms with Crippen molar-refractivity contribution >= 4 is 27.6 Å². The first-order valence-electron chi connectivity index (χ1n) is 6.90. The van der Waals surface area contributed by atoms with Gasteiger partial charge in [-0.1, -0.05) is 30.7 Å². The van der Waals surface area contributed by atoms with Gasteiger partial charge in [0.25, 0.3) is 0 Å². The van der Waals surface area contributed by atoms with E-state index in [4.69, 9.17) is 16.7 Å². The van der Waals surface area contributed by atoms with Gasteiger partial charge in [-0.2, -0.15) is 4.31 Å². The number of rotatable bonds is 6. The van der Waals surface area contributed by atoms with Gasteiger partial charge in [0, 0.05) is 31.4 Å². The predicted octanol–water partition coefficient (Wildman–Crippen LogP) is 2.59. The van der Waals surface area contributed by atoms with Crippen LogP contribution in [0, 0.1) is 0 Å². The Hall–Kier alpha value is -1.83. The molecule has 0 saturated heterocycles. The molecule has 0 radical (unpaired) electrons. The molecule has 0 unspecified atom stereocenters. The molecule has 0 spiro atoms. The van der Waals surface area contributed by atoms with Crippen molar-refractivity contribution in [2.45, 2.75) is 18.4 Å². The molecule has 8 heteroatoms. The van der Waals surface area contributed by atoms with Gasteiger partial charge in [0.15, 0.2) is 0 Å². The smallest absolute Gasteiger partial charge is 0.352 e. The summed E-state index contributed by atoms with van der Waals surface area (Å²) in [6, 6.07) is 8.12. The maximum absolute atomic E-state index is 12.7. The second-order valence-electron chi connectivity index (χ2n) is 5.04. The van der Waals surface area contributed by atoms with Crippen LogP contribution in [-0.2, 0) is 23.6 Å². The number of hydrogen-bond acceptors (Lipinski definition) is 3. The number of benzene rings is 1. The van der Waals surface area contributed by atoms with Crippen molar-refractivity contribution in [1.29, 1.82) is 0 Å². The summed E-state index contributed by atoms with van der Waals surface area (Å²) in [5, 5.41) is 9.59. The van der Waals surface area contributed by atoms with Crippen LogP contribution in [0.1, 0.15) is 23.0 Å². The van der Waals surface area contributed by atoms with Gasteiger partial charge in [0.1, 0.15) is 10.6 Å². The van der Waals surface area contributed by atoms with Gasteiger partial charge >= 0.3 is 5.97 Å². The molecule has 1 N–H and O–H groups in total. The van der Waals surface area contributed by atoms with Crippen LogP contribution < -0.4 is 0 Å². The molecule has 0 saturated carbocycles. The van der Waals surface area contributed by atoms with Crippen molar-refractivity contribution in [3.8, 4) is 0 Å². The standard InChI is InChI=1S/C15H17ClN2O4S/c1-3-18(9-11-5-4-6-12(16)7-11)23(21,22)13-8-14(15(19)20)17(2)10-13/h4-8,10H,3,9H2,1-2H3,(H,19,20). The Morgan fingerprint density at radius 2 is 2.04 bits per heavy atom. The average molecular weight is 357 g/mol. The van der Waals surface area contributed by atoms with Gasteiger partial charge < -0.3 is 9.67 Å². The van der Waals surface area contributed by atoms with Crippen LogP contribution in [0.5, 0.6) is 0 Å². The number of hydrogen-bond donors (Lipinski definition) is 1. The van der Waals surface area contributed by atoms with Crippen LogP contribution in [-0.4, -0.2) is 34.9 Å². The van der Waals surface area contributed by atoms with Crippen LogP contribution in [0.3, 0.4) is 0 Å². The maximum Gasteiger partial charge on any atom is 0.352 e. The van der Waals surface area contributed by atoms with Crippen molar-refractivity contribution < 1.29 is 18.3 Å². The summed E-state index contributed by atoms with van der Waals surface area (Å²) >= 11 is 5.93. The number of aryl methyl sites for hydroxylation is 1. The molecule has 2 aromatic rings. The van der Waals surface area contributed by atoms with Crippen LogP contribution in [0.2, 0.25) is 5.02 Å². The summed E-state index contributed by atoms with van der Waals surface area (Å²) in [6.07, 6.45) is 1.30. The number of aromatic nitrogens is 1. The van der Waals surface area contributed by atoms with Crippen LogP contribution in [0.15, 0.2) is 41.4 Å². The van der Waals surface area contributed by atoms with E-state index in [1.165, 1.54) is 22.1 Å². The van der Waals surface area contributed by atoms with E-state index in [9.17, 15) is 13.2 Å². The average Bonchev–Trinajstić information content (AvgIpc) is 2.87. The first-order valence-corrected chi connectivity index (χ1v) is 8.71. The SMILES string of the molecule is CCN(Cc1cccc(Cl)c1)S(=O)(=O)c1cc(C(=O)O)n(C)c1. The lowest BCUT2D eigenvalue weighted by Crippen LogP contribution is -2.30. The van der Waals surface area contributed by atoms with Crippen molar-refractivity contribution in [1.82, 2.24) is 8.87 Å². The lowest BCUT2D eigenvalue weighted by molar-refractivity contribution is 0.0686. The molecule has 1 heterocycles. The first kappa shape index (κ1) is 17.5. The van der Waals surface area contributed by atoms with Crippen molar-refractivity contribution in [2.24, 2.45) is 7.05 Å². The van der Waals surface area contributed by atoms with Crippen LogP contribution in [0.4, 0.5) is 0 Å². The molecule has 1 aromatic carbocycles. The zero-order chi connectivity index (χ0) is 17.2. The molecule has 23 heavy (non-hydrogen) atoms. The number of carbonyl (C=O) groups is 1. The summed E-state index contributed by atoms with van der Waals surface area (Å²) in [5.41, 5.74) is 0.680. The highest BCUT2D eigenvalue weighted by molar-refractivity contribution is 7.89. The number of sulfonamides is 1. The number of halogens is 1. The van der Waals surface area contributed by atoms with E-state index in [0.717, 1.165) is 11.6 Å². The van der Waals surface area contributed by atoms with E-state index in [2.05, 4.69) is 0 Å². The van der Waals surface area contributed by atoms with Gasteiger partial charge in [0.05, 0.1) is 0 Å². The third kappa shape index (κ3) is 3.74. The second kappa shape index (κ2) is 6.74. The lowest BCUT2D eigenvalue weighted by Gasteiger charge is -2.20. The van der Waals surface area contributed by atoms with Gasteiger partial charge in [-0.05, 0) is 23.8 Å². The van der Waals surface area contributed by atoms with E-state index in [-0.39, 0.29) is 23.7 Å². The Morgan fingerprint density at radius 1 is 1.35 bits per heavy atom. The normalized spacial score (nSPS) is 11.8. The Bertz CT molecular complexity index is 830. The summed E-state index contributed by atoms with van der Waals surface area (Å²) < 4.78 is 28.0. The van der Waals surface area contributed by atoms with Gasteiger partial charge in [0.2, 0.25) is 10.0 Å². The number of carboxylic acid groups (broad SMARTS) is 1. The monoisotopic (exact) mass is 356 g/mol. The molecular formula is C15H17ClN2O4S. The molecule has 124 valence electrons. The summed E-state index contributed by atoms with van der Waals surface area (Å²) in [6.45, 7) is 2.14. The number of aromatic carboxylic acids is 1. The quantitative estimate of drug-likeness (QED) is 0.862. The third-order valence-electron chi connectivity index (χ3n) is 3.44. The van der Waals surface area contributed by atoms with Gasteiger partial charge in [-0.25, -0.2) is 13.2 Å². The molecule has 0 fully saturated rings.